The molecule has 1 aromatic rings. The third kappa shape index (κ3) is 1.79. The molecular weight excluding hydrogens is 199 g/mol. The molecule has 6 heteroatoms. The van der Waals surface area contributed by atoms with Crippen molar-refractivity contribution in [1.29, 1.82) is 0 Å². The number of pyridine rings is 1. The number of methoxy groups -OCH3 is 1. The summed E-state index contributed by atoms with van der Waals surface area (Å²) in [5.74, 6) is -1.54. The van der Waals surface area contributed by atoms with Gasteiger partial charge in [0.25, 0.3) is 6.43 Å². The van der Waals surface area contributed by atoms with E-state index in [0.717, 1.165) is 7.11 Å². The smallest absolute Gasteiger partial charge is 0.270 e. The molecule has 1 heterocycles. The largest absolute Gasteiger partial charge is 0.494 e. The number of hydrogen-bond donors (Lipinski definition) is 1. The molecule has 1 rings (SSSR count). The molecular formula is C8H8F3NO2. The molecule has 0 bridgehead atoms. The predicted octanol–water partition coefficient (Wildman–Crippen LogP) is 1.66. The van der Waals surface area contributed by atoms with Gasteiger partial charge in [0, 0.05) is 0 Å². The van der Waals surface area contributed by atoms with E-state index < -0.39 is 30.2 Å². The minimum atomic E-state index is -3.00. The zero-order chi connectivity index (χ0) is 10.7. The summed E-state index contributed by atoms with van der Waals surface area (Å²) in [6, 6.07) is 0. The fraction of sp³-hybridized carbons (Fsp3) is 0.375. The van der Waals surface area contributed by atoms with Crippen LogP contribution in [0.3, 0.4) is 0 Å². The fourth-order valence-corrected chi connectivity index (χ4v) is 1.07. The highest BCUT2D eigenvalue weighted by Gasteiger charge is 2.22. The maximum absolute atomic E-state index is 12.9. The maximum atomic E-state index is 12.9. The Morgan fingerprint density at radius 1 is 1.57 bits per heavy atom. The molecule has 1 N–H and O–H groups in total. The second-order valence-corrected chi connectivity index (χ2v) is 2.46. The number of halogens is 3. The molecule has 0 aromatic carbocycles. The summed E-state index contributed by atoms with van der Waals surface area (Å²) in [7, 11) is 1.11. The van der Waals surface area contributed by atoms with Crippen molar-refractivity contribution in [3.63, 3.8) is 0 Å². The summed E-state index contributed by atoms with van der Waals surface area (Å²) in [6.07, 6.45) is -2.37. The van der Waals surface area contributed by atoms with E-state index in [4.69, 9.17) is 5.11 Å². The van der Waals surface area contributed by atoms with Gasteiger partial charge in [0.1, 0.15) is 5.69 Å². The lowest BCUT2D eigenvalue weighted by Crippen LogP contribution is -2.03. The van der Waals surface area contributed by atoms with Crippen LogP contribution in [0.4, 0.5) is 13.2 Å². The zero-order valence-corrected chi connectivity index (χ0v) is 7.30. The van der Waals surface area contributed by atoms with Crippen molar-refractivity contribution in [3.8, 4) is 5.75 Å². The van der Waals surface area contributed by atoms with Crippen molar-refractivity contribution in [1.82, 2.24) is 4.98 Å². The van der Waals surface area contributed by atoms with Gasteiger partial charge < -0.3 is 9.84 Å². The van der Waals surface area contributed by atoms with Gasteiger partial charge in [-0.1, -0.05) is 0 Å². The van der Waals surface area contributed by atoms with Gasteiger partial charge in [0.2, 0.25) is 0 Å². The number of hydrogen-bond acceptors (Lipinski definition) is 3. The van der Waals surface area contributed by atoms with Crippen molar-refractivity contribution in [2.75, 3.05) is 7.11 Å². The summed E-state index contributed by atoms with van der Waals surface area (Å²) in [5, 5.41) is 8.74. The second kappa shape index (κ2) is 4.28. The molecule has 0 aliphatic carbocycles. The van der Waals surface area contributed by atoms with Gasteiger partial charge in [0.05, 0.1) is 25.5 Å². The molecule has 0 saturated heterocycles. The number of aliphatic hydroxyl groups excluding tert-OH is 1. The first-order valence-electron chi connectivity index (χ1n) is 3.72. The average Bonchev–Trinajstić information content (AvgIpc) is 2.16. The summed E-state index contributed by atoms with van der Waals surface area (Å²) in [6.45, 7) is -0.580. The average molecular weight is 207 g/mol. The van der Waals surface area contributed by atoms with Gasteiger partial charge in [-0.05, 0) is 0 Å². The first-order chi connectivity index (χ1) is 6.61. The molecule has 0 unspecified atom stereocenters. The summed E-state index contributed by atoms with van der Waals surface area (Å²) in [4.78, 5) is 3.43. The molecule has 0 aliphatic rings. The Hall–Kier alpha value is -1.30. The number of aliphatic hydroxyl groups is 1. The third-order valence-electron chi connectivity index (χ3n) is 1.67. The highest BCUT2D eigenvalue weighted by Crippen LogP contribution is 2.32. The molecule has 0 spiro atoms. The Labute approximate surface area is 78.2 Å². The highest BCUT2D eigenvalue weighted by atomic mass is 19.3. The predicted molar refractivity (Wildman–Crippen MR) is 41.6 cm³/mol. The Balaban J connectivity index is 3.35. The lowest BCUT2D eigenvalue weighted by molar-refractivity contribution is 0.140. The van der Waals surface area contributed by atoms with Crippen LogP contribution < -0.4 is 4.74 Å². The van der Waals surface area contributed by atoms with Crippen LogP contribution in [0, 0.1) is 5.82 Å². The molecule has 0 radical (unpaired) electrons. The Kier molecular flexibility index (Phi) is 3.29. The number of nitrogens with zero attached hydrogens (tertiary/aromatic N) is 1. The molecule has 0 fully saturated rings. The van der Waals surface area contributed by atoms with Gasteiger partial charge in [-0.2, -0.15) is 0 Å². The van der Waals surface area contributed by atoms with E-state index in [9.17, 15) is 13.2 Å². The van der Waals surface area contributed by atoms with E-state index in [1.807, 2.05) is 0 Å². The molecule has 14 heavy (non-hydrogen) atoms. The van der Waals surface area contributed by atoms with E-state index in [2.05, 4.69) is 9.72 Å². The van der Waals surface area contributed by atoms with Crippen LogP contribution in [-0.4, -0.2) is 17.2 Å². The van der Waals surface area contributed by atoms with Crippen LogP contribution in [0.15, 0.2) is 6.20 Å². The molecule has 78 valence electrons. The van der Waals surface area contributed by atoms with E-state index >= 15 is 0 Å². The number of ether oxygens (including phenoxy) is 1. The number of alkyl halides is 2. The monoisotopic (exact) mass is 207 g/mol. The fourth-order valence-electron chi connectivity index (χ4n) is 1.07. The van der Waals surface area contributed by atoms with Crippen LogP contribution in [-0.2, 0) is 6.61 Å². The van der Waals surface area contributed by atoms with Gasteiger partial charge >= 0.3 is 0 Å². The van der Waals surface area contributed by atoms with Gasteiger partial charge in [-0.15, -0.1) is 0 Å². The minimum absolute atomic E-state index is 0.107. The van der Waals surface area contributed by atoms with Crippen molar-refractivity contribution in [3.05, 3.63) is 23.3 Å². The quantitative estimate of drug-likeness (QED) is 0.819. The molecule has 0 atom stereocenters. The minimum Gasteiger partial charge on any atom is -0.494 e. The van der Waals surface area contributed by atoms with Crippen LogP contribution in [0.1, 0.15) is 17.7 Å². The van der Waals surface area contributed by atoms with E-state index in [0.29, 0.717) is 6.20 Å². The van der Waals surface area contributed by atoms with Crippen molar-refractivity contribution < 1.29 is 23.0 Å². The van der Waals surface area contributed by atoms with Crippen molar-refractivity contribution >= 4 is 0 Å². The molecule has 0 amide bonds. The molecule has 1 aromatic heterocycles. The first-order valence-corrected chi connectivity index (χ1v) is 3.72. The van der Waals surface area contributed by atoms with Crippen LogP contribution in [0.25, 0.3) is 0 Å². The summed E-state index contributed by atoms with van der Waals surface area (Å²) in [5.41, 5.74) is -0.976. The SMILES string of the molecule is COc1c(CO)ncc(F)c1C(F)F. The lowest BCUT2D eigenvalue weighted by Gasteiger charge is -2.11. The molecule has 3 nitrogen and oxygen atoms in total. The maximum Gasteiger partial charge on any atom is 0.270 e. The normalized spacial score (nSPS) is 10.7. The highest BCUT2D eigenvalue weighted by molar-refractivity contribution is 5.38. The van der Waals surface area contributed by atoms with E-state index in [-0.39, 0.29) is 5.69 Å². The topological polar surface area (TPSA) is 42.4 Å². The van der Waals surface area contributed by atoms with Crippen molar-refractivity contribution in [2.45, 2.75) is 13.0 Å². The van der Waals surface area contributed by atoms with E-state index in [1.54, 1.807) is 0 Å². The van der Waals surface area contributed by atoms with Gasteiger partial charge in [0.15, 0.2) is 11.6 Å². The van der Waals surface area contributed by atoms with Crippen LogP contribution >= 0.6 is 0 Å². The van der Waals surface area contributed by atoms with Crippen LogP contribution in [0.2, 0.25) is 0 Å². The standard InChI is InChI=1S/C8H8F3NO2/c1-14-7-5(3-13)12-2-4(9)6(7)8(10)11/h2,8,13H,3H2,1H3. The molecule has 0 saturated carbocycles. The Bertz CT molecular complexity index is 331. The lowest BCUT2D eigenvalue weighted by atomic mass is 10.2. The van der Waals surface area contributed by atoms with Crippen molar-refractivity contribution in [2.24, 2.45) is 0 Å². The van der Waals surface area contributed by atoms with Gasteiger partial charge in [-0.3, -0.25) is 4.98 Å². The molecule has 0 aliphatic heterocycles. The number of aromatic nitrogens is 1. The second-order valence-electron chi connectivity index (χ2n) is 2.46. The Morgan fingerprint density at radius 3 is 2.64 bits per heavy atom. The van der Waals surface area contributed by atoms with E-state index in [1.165, 1.54) is 0 Å². The summed E-state index contributed by atoms with van der Waals surface area (Å²) >= 11 is 0. The summed E-state index contributed by atoms with van der Waals surface area (Å²) < 4.78 is 42.2. The zero-order valence-electron chi connectivity index (χ0n) is 7.30. The van der Waals surface area contributed by atoms with Crippen LogP contribution in [0.5, 0.6) is 5.75 Å². The third-order valence-corrected chi connectivity index (χ3v) is 1.67. The first kappa shape index (κ1) is 10.8. The Morgan fingerprint density at radius 2 is 2.21 bits per heavy atom. The van der Waals surface area contributed by atoms with Gasteiger partial charge in [-0.25, -0.2) is 13.2 Å². The number of rotatable bonds is 3.